The van der Waals surface area contributed by atoms with Gasteiger partial charge in [-0.25, -0.2) is 4.98 Å². The third-order valence-electron chi connectivity index (χ3n) is 13.4. The Bertz CT molecular complexity index is 1380. The summed E-state index contributed by atoms with van der Waals surface area (Å²) in [4.78, 5) is 46.3. The molecule has 0 spiro atoms. The van der Waals surface area contributed by atoms with Crippen molar-refractivity contribution in [2.24, 2.45) is 39.9 Å². The molecule has 0 aromatic carbocycles. The molecule has 1 aliphatic heterocycles. The Morgan fingerprint density at radius 2 is 1.73 bits per heavy atom. The molecule has 0 bridgehead atoms. The lowest BCUT2D eigenvalue weighted by atomic mass is 9.42. The quantitative estimate of drug-likeness (QED) is 0.332. The zero-order valence-electron chi connectivity index (χ0n) is 27.0. The minimum Gasteiger partial charge on any atom is -0.481 e. The van der Waals surface area contributed by atoms with Crippen LogP contribution in [0, 0.1) is 39.9 Å². The Kier molecular flexibility index (Phi) is 7.97. The van der Waals surface area contributed by atoms with E-state index in [0.717, 1.165) is 37.1 Å². The maximum Gasteiger partial charge on any atom is 0.324 e. The van der Waals surface area contributed by atoms with Gasteiger partial charge in [0.2, 0.25) is 0 Å². The van der Waals surface area contributed by atoms with E-state index in [1.165, 1.54) is 0 Å². The number of carboxylic acid groups (broad SMARTS) is 2. The number of carbonyl (C=O) groups is 3. The molecular formula is C35H49N3O7. The minimum atomic E-state index is -1.95. The summed E-state index contributed by atoms with van der Waals surface area (Å²) < 4.78 is 0. The average molecular weight is 624 g/mol. The number of aliphatic hydroxyl groups is 2. The lowest BCUT2D eigenvalue weighted by molar-refractivity contribution is -0.172. The van der Waals surface area contributed by atoms with Crippen LogP contribution in [0.25, 0.3) is 0 Å². The summed E-state index contributed by atoms with van der Waals surface area (Å²) in [5, 5.41) is 44.3. The average Bonchev–Trinajstić information content (AvgIpc) is 3.28. The van der Waals surface area contributed by atoms with Gasteiger partial charge in [0.15, 0.2) is 0 Å². The summed E-state index contributed by atoms with van der Waals surface area (Å²) in [5.74, 6) is -0.590. The molecular weight excluding hydrogens is 574 g/mol. The molecule has 1 saturated heterocycles. The normalized spacial score (nSPS) is 42.1. The number of anilines is 1. The molecule has 0 amide bonds. The van der Waals surface area contributed by atoms with Gasteiger partial charge < -0.3 is 25.3 Å². The van der Waals surface area contributed by atoms with E-state index in [1.54, 1.807) is 24.1 Å². The Morgan fingerprint density at radius 3 is 2.33 bits per heavy atom. The van der Waals surface area contributed by atoms with Gasteiger partial charge in [-0.05, 0) is 98.2 Å². The lowest BCUT2D eigenvalue weighted by Gasteiger charge is -2.62. The zero-order chi connectivity index (χ0) is 32.5. The van der Waals surface area contributed by atoms with E-state index in [0.29, 0.717) is 32.6 Å². The van der Waals surface area contributed by atoms with E-state index in [-0.39, 0.29) is 42.3 Å². The molecule has 45 heavy (non-hydrogen) atoms. The number of rotatable bonds is 7. The maximum absolute atomic E-state index is 13.1. The maximum atomic E-state index is 13.1. The predicted molar refractivity (Wildman–Crippen MR) is 167 cm³/mol. The molecule has 3 unspecified atom stereocenters. The monoisotopic (exact) mass is 623 g/mol. The van der Waals surface area contributed by atoms with Crippen LogP contribution in [-0.4, -0.2) is 92.0 Å². The third kappa shape index (κ3) is 4.76. The van der Waals surface area contributed by atoms with Crippen molar-refractivity contribution in [1.29, 1.82) is 0 Å². The van der Waals surface area contributed by atoms with E-state index in [2.05, 4.69) is 30.7 Å². The molecule has 10 nitrogen and oxygen atoms in total. The number of ketones is 1. The molecule has 246 valence electrons. The number of Topliss-reactive ketones (excluding diaryl/α,β-unsaturated/α-hetero) is 1. The van der Waals surface area contributed by atoms with Gasteiger partial charge in [-0.2, -0.15) is 0 Å². The van der Waals surface area contributed by atoms with Gasteiger partial charge in [-0.1, -0.05) is 32.4 Å². The van der Waals surface area contributed by atoms with Crippen molar-refractivity contribution in [2.75, 3.05) is 31.1 Å². The molecule has 2 heterocycles. The van der Waals surface area contributed by atoms with Gasteiger partial charge in [-0.15, -0.1) is 0 Å². The van der Waals surface area contributed by atoms with Crippen molar-refractivity contribution in [3.8, 4) is 0 Å². The Balaban J connectivity index is 1.29. The first kappa shape index (κ1) is 32.1. The van der Waals surface area contributed by atoms with Crippen LogP contribution in [0.3, 0.4) is 0 Å². The smallest absolute Gasteiger partial charge is 0.324 e. The van der Waals surface area contributed by atoms with Crippen LogP contribution in [0.4, 0.5) is 5.82 Å². The highest BCUT2D eigenvalue weighted by molar-refractivity contribution is 5.88. The number of pyridine rings is 1. The highest BCUT2D eigenvalue weighted by atomic mass is 16.4. The third-order valence-corrected chi connectivity index (χ3v) is 13.4. The number of allylic oxidation sites excluding steroid dienone is 1. The van der Waals surface area contributed by atoms with Gasteiger partial charge in [0, 0.05) is 37.8 Å². The Morgan fingerprint density at radius 1 is 1.04 bits per heavy atom. The number of hydrogen-bond donors (Lipinski definition) is 4. The van der Waals surface area contributed by atoms with E-state index in [4.69, 9.17) is 0 Å². The van der Waals surface area contributed by atoms with Crippen LogP contribution < -0.4 is 4.90 Å². The summed E-state index contributed by atoms with van der Waals surface area (Å²) in [6.07, 6.45) is 6.08. The number of aliphatic hydroxyl groups excluding tert-OH is 1. The summed E-state index contributed by atoms with van der Waals surface area (Å²) in [6, 6.07) is 4.41. The van der Waals surface area contributed by atoms with Crippen molar-refractivity contribution in [3.63, 3.8) is 0 Å². The first-order chi connectivity index (χ1) is 21.2. The fraction of sp³-hybridized carbons (Fsp3) is 0.714. The Labute approximate surface area is 265 Å². The number of carbonyl (C=O) groups excluding carboxylic acids is 1. The van der Waals surface area contributed by atoms with Crippen molar-refractivity contribution < 1.29 is 34.8 Å². The van der Waals surface area contributed by atoms with Crippen LogP contribution in [0.15, 0.2) is 36.0 Å². The molecule has 10 heteroatoms. The summed E-state index contributed by atoms with van der Waals surface area (Å²) in [6.45, 7) is 9.96. The largest absolute Gasteiger partial charge is 0.481 e. The second kappa shape index (κ2) is 11.2. The molecule has 0 radical (unpaired) electrons. The van der Waals surface area contributed by atoms with E-state index >= 15 is 0 Å². The SMILES string of the molecule is CC(=O)[C@@]1(CC(=O)O)CC[C@H]2[C@@H]3C[C@H](C)C4=CC(O)(C(C(=O)O)N5CCN(c6ccccn6)CC5)C(O)C[C@]4(C)[C@H]3CC[C@@]21C. The first-order valence-electron chi connectivity index (χ1n) is 16.7. The van der Waals surface area contributed by atoms with Crippen molar-refractivity contribution in [2.45, 2.75) is 90.4 Å². The van der Waals surface area contributed by atoms with Gasteiger partial charge in [0.25, 0.3) is 0 Å². The van der Waals surface area contributed by atoms with Crippen molar-refractivity contribution in [3.05, 3.63) is 36.0 Å². The molecule has 4 N–H and O–H groups in total. The fourth-order valence-corrected chi connectivity index (χ4v) is 11.2. The van der Waals surface area contributed by atoms with Gasteiger partial charge >= 0.3 is 11.9 Å². The fourth-order valence-electron chi connectivity index (χ4n) is 11.2. The number of hydrogen-bond acceptors (Lipinski definition) is 8. The van der Waals surface area contributed by atoms with Gasteiger partial charge in [0.05, 0.1) is 12.5 Å². The predicted octanol–water partition coefficient (Wildman–Crippen LogP) is 3.62. The van der Waals surface area contributed by atoms with Crippen molar-refractivity contribution in [1.82, 2.24) is 9.88 Å². The highest BCUT2D eigenvalue weighted by Crippen LogP contribution is 2.71. The number of nitrogens with zero attached hydrogens (tertiary/aromatic N) is 3. The van der Waals surface area contributed by atoms with Crippen LogP contribution in [0.1, 0.15) is 72.6 Å². The summed E-state index contributed by atoms with van der Waals surface area (Å²) in [7, 11) is 0. The first-order valence-corrected chi connectivity index (χ1v) is 16.7. The van der Waals surface area contributed by atoms with Crippen LogP contribution >= 0.6 is 0 Å². The summed E-state index contributed by atoms with van der Waals surface area (Å²) >= 11 is 0. The molecule has 1 aromatic rings. The number of aliphatic carboxylic acids is 2. The highest BCUT2D eigenvalue weighted by Gasteiger charge is 2.68. The standard InChI is InChI=1S/C35H49N3O7/c1-21-17-23-24(8-10-33(4)25(23)9-11-34(33,22(2)39)20-29(41)42)32(3)19-27(40)35(45,18-26(21)32)30(31(43)44)38-15-13-37(14-16-38)28-7-5-6-12-36-28/h5-7,12,18,21,23-25,27,30,40,45H,8-11,13-17,19-20H2,1-4H3,(H,41,42)(H,43,44)/t21-,23+,24-,25-,27?,30?,32+,33-,34-,35?/m0/s1. The number of fused-ring (bicyclic) bond motifs is 5. The minimum absolute atomic E-state index is 0.0252. The molecule has 1 aromatic heterocycles. The molecule has 3 saturated carbocycles. The summed E-state index contributed by atoms with van der Waals surface area (Å²) in [5.41, 5.74) is -2.63. The van der Waals surface area contributed by atoms with Crippen LogP contribution in [-0.2, 0) is 14.4 Å². The van der Waals surface area contributed by atoms with Gasteiger partial charge in [0.1, 0.15) is 23.2 Å². The van der Waals surface area contributed by atoms with Crippen LogP contribution in [0.5, 0.6) is 0 Å². The number of piperazine rings is 1. The lowest BCUT2D eigenvalue weighted by Crippen LogP contribution is -2.68. The van der Waals surface area contributed by atoms with E-state index in [1.807, 2.05) is 18.2 Å². The van der Waals surface area contributed by atoms with E-state index < -0.39 is 45.9 Å². The van der Waals surface area contributed by atoms with Crippen molar-refractivity contribution >= 4 is 23.5 Å². The molecule has 4 aliphatic carbocycles. The molecule has 4 fully saturated rings. The second-order valence-electron chi connectivity index (χ2n) is 15.3. The number of aromatic nitrogens is 1. The second-order valence-corrected chi connectivity index (χ2v) is 15.3. The topological polar surface area (TPSA) is 152 Å². The number of carboxylic acids is 2. The molecule has 10 atom stereocenters. The molecule has 5 aliphatic rings. The van der Waals surface area contributed by atoms with E-state index in [9.17, 15) is 34.8 Å². The Hall–Kier alpha value is -2.82. The van der Waals surface area contributed by atoms with Gasteiger partial charge in [-0.3, -0.25) is 19.3 Å². The van der Waals surface area contributed by atoms with Crippen LogP contribution in [0.2, 0.25) is 0 Å². The zero-order valence-corrected chi connectivity index (χ0v) is 27.0. The molecule has 6 rings (SSSR count).